The lowest BCUT2D eigenvalue weighted by Gasteiger charge is -2.25. The molecular weight excluding hydrogens is 403 g/mol. The van der Waals surface area contributed by atoms with E-state index < -0.39 is 5.82 Å². The van der Waals surface area contributed by atoms with E-state index in [2.05, 4.69) is 22.3 Å². The number of nitrogens with one attached hydrogen (secondary N) is 1. The van der Waals surface area contributed by atoms with Gasteiger partial charge in [-0.05, 0) is 36.0 Å². The van der Waals surface area contributed by atoms with E-state index in [1.165, 1.54) is 0 Å². The van der Waals surface area contributed by atoms with Crippen LogP contribution in [0.2, 0.25) is 5.02 Å². The Bertz CT molecular complexity index is 896. The lowest BCUT2D eigenvalue weighted by Crippen LogP contribution is -2.27. The SMILES string of the molecule is Cc1cc(N2CCOC(c3ccccc3)CC2)c(Cl)c(F)c1NC(=O)CC(C)(C)C. The maximum atomic E-state index is 15.1. The van der Waals surface area contributed by atoms with Crippen LogP contribution < -0.4 is 10.2 Å². The molecule has 2 aromatic carbocycles. The highest BCUT2D eigenvalue weighted by molar-refractivity contribution is 6.34. The van der Waals surface area contributed by atoms with E-state index in [4.69, 9.17) is 16.3 Å². The summed E-state index contributed by atoms with van der Waals surface area (Å²) >= 11 is 6.42. The van der Waals surface area contributed by atoms with Crippen LogP contribution in [0.4, 0.5) is 15.8 Å². The maximum absolute atomic E-state index is 15.1. The molecule has 2 aromatic rings. The van der Waals surface area contributed by atoms with Crippen LogP contribution in [-0.4, -0.2) is 25.6 Å². The third-order valence-electron chi connectivity index (χ3n) is 5.19. The van der Waals surface area contributed by atoms with Crippen LogP contribution in [0.3, 0.4) is 0 Å². The Balaban J connectivity index is 1.77. The Kier molecular flexibility index (Phi) is 7.04. The average molecular weight is 433 g/mol. The first-order valence-corrected chi connectivity index (χ1v) is 10.7. The van der Waals surface area contributed by atoms with Gasteiger partial charge in [0.25, 0.3) is 0 Å². The molecule has 1 atom stereocenters. The number of carbonyl (C=O) groups is 1. The fraction of sp³-hybridized carbons (Fsp3) is 0.458. The summed E-state index contributed by atoms with van der Waals surface area (Å²) in [5.41, 5.74) is 2.41. The number of hydrogen-bond donors (Lipinski definition) is 1. The molecule has 1 fully saturated rings. The number of anilines is 2. The summed E-state index contributed by atoms with van der Waals surface area (Å²) in [6, 6.07) is 12.0. The normalized spacial score (nSPS) is 17.5. The number of benzene rings is 2. The standard InChI is InChI=1S/C24H30ClFN2O2/c1-16-14-18(21(25)22(26)23(16)27-20(29)15-24(2,3)4)28-11-10-19(30-13-12-28)17-8-6-5-7-9-17/h5-9,14,19H,10-13,15H2,1-4H3,(H,27,29). The molecule has 0 bridgehead atoms. The van der Waals surface area contributed by atoms with Crippen molar-refractivity contribution in [2.24, 2.45) is 5.41 Å². The van der Waals surface area contributed by atoms with E-state index in [9.17, 15) is 4.79 Å². The molecule has 1 saturated heterocycles. The summed E-state index contributed by atoms with van der Waals surface area (Å²) in [5.74, 6) is -0.805. The highest BCUT2D eigenvalue weighted by Gasteiger charge is 2.25. The molecular formula is C24H30ClFN2O2. The first-order valence-electron chi connectivity index (χ1n) is 10.4. The molecule has 1 amide bonds. The van der Waals surface area contributed by atoms with Gasteiger partial charge >= 0.3 is 0 Å². The summed E-state index contributed by atoms with van der Waals surface area (Å²) in [7, 11) is 0. The number of hydrogen-bond acceptors (Lipinski definition) is 3. The summed E-state index contributed by atoms with van der Waals surface area (Å²) in [4.78, 5) is 14.4. The van der Waals surface area contributed by atoms with Gasteiger partial charge in [0.05, 0.1) is 24.1 Å². The fourth-order valence-corrected chi connectivity index (χ4v) is 4.00. The second kappa shape index (κ2) is 9.36. The van der Waals surface area contributed by atoms with Gasteiger partial charge in [-0.1, -0.05) is 62.7 Å². The molecule has 162 valence electrons. The topological polar surface area (TPSA) is 41.6 Å². The Morgan fingerprint density at radius 2 is 1.97 bits per heavy atom. The summed E-state index contributed by atoms with van der Waals surface area (Å²) in [5, 5.41) is 2.74. The van der Waals surface area contributed by atoms with Crippen LogP contribution in [0, 0.1) is 18.2 Å². The van der Waals surface area contributed by atoms with Crippen LogP contribution >= 0.6 is 11.6 Å². The van der Waals surface area contributed by atoms with Crippen molar-refractivity contribution in [2.45, 2.75) is 46.6 Å². The minimum absolute atomic E-state index is 0.0110. The first kappa shape index (κ1) is 22.6. The molecule has 0 saturated carbocycles. The van der Waals surface area contributed by atoms with Gasteiger partial charge in [0.1, 0.15) is 5.02 Å². The number of aryl methyl sites for hydroxylation is 1. The van der Waals surface area contributed by atoms with Gasteiger partial charge in [-0.25, -0.2) is 4.39 Å². The number of amides is 1. The minimum Gasteiger partial charge on any atom is -0.372 e. The fourth-order valence-electron chi connectivity index (χ4n) is 3.73. The molecule has 0 aliphatic carbocycles. The lowest BCUT2D eigenvalue weighted by molar-refractivity contribution is -0.117. The van der Waals surface area contributed by atoms with E-state index >= 15 is 4.39 Å². The first-order chi connectivity index (χ1) is 14.2. The number of ether oxygens (including phenoxy) is 1. The number of nitrogens with zero attached hydrogens (tertiary/aromatic N) is 1. The van der Waals surface area contributed by atoms with Gasteiger partial charge < -0.3 is 15.0 Å². The van der Waals surface area contributed by atoms with Crippen molar-refractivity contribution in [1.82, 2.24) is 0 Å². The zero-order valence-electron chi connectivity index (χ0n) is 18.1. The van der Waals surface area contributed by atoms with Crippen molar-refractivity contribution >= 4 is 28.9 Å². The van der Waals surface area contributed by atoms with Gasteiger partial charge in [-0.15, -0.1) is 0 Å². The third-order valence-corrected chi connectivity index (χ3v) is 5.55. The Morgan fingerprint density at radius 3 is 2.63 bits per heavy atom. The molecule has 6 heteroatoms. The Labute approximate surface area is 183 Å². The van der Waals surface area contributed by atoms with Crippen LogP contribution in [-0.2, 0) is 9.53 Å². The van der Waals surface area contributed by atoms with Crippen molar-refractivity contribution in [2.75, 3.05) is 29.9 Å². The highest BCUT2D eigenvalue weighted by Crippen LogP contribution is 2.37. The zero-order chi connectivity index (χ0) is 21.9. The Morgan fingerprint density at radius 1 is 1.27 bits per heavy atom. The Hall–Kier alpha value is -2.11. The maximum Gasteiger partial charge on any atom is 0.224 e. The van der Waals surface area contributed by atoms with E-state index in [0.29, 0.717) is 37.4 Å². The third kappa shape index (κ3) is 5.52. The summed E-state index contributed by atoms with van der Waals surface area (Å²) in [6.07, 6.45) is 1.09. The van der Waals surface area contributed by atoms with Crippen molar-refractivity contribution in [1.29, 1.82) is 0 Å². The second-order valence-electron chi connectivity index (χ2n) is 9.05. The van der Waals surface area contributed by atoms with Gasteiger partial charge in [0, 0.05) is 19.5 Å². The van der Waals surface area contributed by atoms with Gasteiger partial charge in [0.2, 0.25) is 5.91 Å². The molecule has 1 heterocycles. The molecule has 0 aromatic heterocycles. The van der Waals surface area contributed by atoms with Crippen LogP contribution in [0.25, 0.3) is 0 Å². The van der Waals surface area contributed by atoms with Gasteiger partial charge in [-0.2, -0.15) is 0 Å². The van der Waals surface area contributed by atoms with E-state index in [-0.39, 0.29) is 28.1 Å². The molecule has 1 N–H and O–H groups in total. The van der Waals surface area contributed by atoms with Crippen LogP contribution in [0.1, 0.15) is 50.8 Å². The average Bonchev–Trinajstić information content (AvgIpc) is 2.93. The molecule has 0 spiro atoms. The summed E-state index contributed by atoms with van der Waals surface area (Å²) in [6.45, 7) is 9.55. The lowest BCUT2D eigenvalue weighted by atomic mass is 9.92. The largest absolute Gasteiger partial charge is 0.372 e. The van der Waals surface area contributed by atoms with Crippen molar-refractivity contribution < 1.29 is 13.9 Å². The number of carbonyl (C=O) groups excluding carboxylic acids is 1. The monoisotopic (exact) mass is 432 g/mol. The minimum atomic E-state index is -0.585. The van der Waals surface area contributed by atoms with Gasteiger partial charge in [-0.3, -0.25) is 4.79 Å². The smallest absolute Gasteiger partial charge is 0.224 e. The van der Waals surface area contributed by atoms with Crippen molar-refractivity contribution in [3.63, 3.8) is 0 Å². The van der Waals surface area contributed by atoms with Crippen molar-refractivity contribution in [3.8, 4) is 0 Å². The van der Waals surface area contributed by atoms with E-state index in [1.807, 2.05) is 45.0 Å². The molecule has 1 aliphatic rings. The van der Waals surface area contributed by atoms with Crippen LogP contribution in [0.15, 0.2) is 36.4 Å². The molecule has 1 aliphatic heterocycles. The van der Waals surface area contributed by atoms with Crippen LogP contribution in [0.5, 0.6) is 0 Å². The van der Waals surface area contributed by atoms with E-state index in [1.54, 1.807) is 6.92 Å². The summed E-state index contributed by atoms with van der Waals surface area (Å²) < 4.78 is 21.1. The second-order valence-corrected chi connectivity index (χ2v) is 9.42. The highest BCUT2D eigenvalue weighted by atomic mass is 35.5. The number of halogens is 2. The molecule has 3 rings (SSSR count). The van der Waals surface area contributed by atoms with Crippen molar-refractivity contribution in [3.05, 3.63) is 58.4 Å². The van der Waals surface area contributed by atoms with E-state index in [0.717, 1.165) is 12.0 Å². The molecule has 30 heavy (non-hydrogen) atoms. The van der Waals surface area contributed by atoms with Gasteiger partial charge in [0.15, 0.2) is 5.82 Å². The zero-order valence-corrected chi connectivity index (χ0v) is 18.9. The predicted molar refractivity (Wildman–Crippen MR) is 121 cm³/mol. The number of rotatable bonds is 4. The quantitative estimate of drug-likeness (QED) is 0.631. The predicted octanol–water partition coefficient (Wildman–Crippen LogP) is 6.13. The molecule has 4 nitrogen and oxygen atoms in total. The molecule has 1 unspecified atom stereocenters. The molecule has 0 radical (unpaired) electrons.